The Hall–Kier alpha value is -4.03. The molecular formula is C30H28N2O9. The van der Waals surface area contributed by atoms with E-state index in [0.717, 1.165) is 35.9 Å². The number of ether oxygens (including phenoxy) is 2. The smallest absolute Gasteiger partial charge is 0.335 e. The number of H-pyrrole nitrogens is 1. The molecule has 11 heteroatoms. The maximum Gasteiger partial charge on any atom is 0.335 e. The fourth-order valence-corrected chi connectivity index (χ4v) is 6.74. The molecule has 41 heavy (non-hydrogen) atoms. The van der Waals surface area contributed by atoms with Gasteiger partial charge in [0.25, 0.3) is 0 Å². The third-order valence-corrected chi connectivity index (χ3v) is 8.65. The van der Waals surface area contributed by atoms with Crippen molar-refractivity contribution in [1.82, 2.24) is 9.55 Å². The van der Waals surface area contributed by atoms with Gasteiger partial charge in [0.15, 0.2) is 6.10 Å². The summed E-state index contributed by atoms with van der Waals surface area (Å²) >= 11 is 0. The molecule has 5 N–H and O–H groups in total. The Kier molecular flexibility index (Phi) is 6.02. The predicted molar refractivity (Wildman–Crippen MR) is 144 cm³/mol. The number of Topliss-reactive ketones (excluding diaryl/α,β-unsaturated/α-hetero) is 2. The number of aromatic amines is 1. The molecule has 212 valence electrons. The van der Waals surface area contributed by atoms with Gasteiger partial charge in [-0.1, -0.05) is 18.2 Å². The van der Waals surface area contributed by atoms with Gasteiger partial charge in [0.05, 0.1) is 23.8 Å². The number of aryl methyl sites for hydroxylation is 2. The lowest BCUT2D eigenvalue weighted by atomic mass is 9.83. The molecular weight excluding hydrogens is 532 g/mol. The van der Waals surface area contributed by atoms with Crippen LogP contribution in [0.5, 0.6) is 5.75 Å². The minimum absolute atomic E-state index is 0.102. The second kappa shape index (κ2) is 9.52. The van der Waals surface area contributed by atoms with Crippen LogP contribution in [-0.4, -0.2) is 78.2 Å². The standard InChI is InChI=1S/C30H28N2O9/c33-20-10-21(34)23(18-12-32-8-2-4-13-3-1-5-16(18)24(13)32)22(20)17-11-31-19-9-14(6-7-15(17)19)40-30-27(37)25(35)26(36)28(41-30)29(38)39/h1,3,5-7,9,11-12,22-23,25-28,30-31,35-37H,2,4,8,10H2,(H,38,39)/t22-,23-,25-,26-,27+,28-,30?/m1/s1. The topological polar surface area (TPSA) is 171 Å². The number of carbonyl (C=O) groups is 3. The summed E-state index contributed by atoms with van der Waals surface area (Å²) in [6, 6.07) is 11.0. The second-order valence-electron chi connectivity index (χ2n) is 11.1. The van der Waals surface area contributed by atoms with E-state index in [0.29, 0.717) is 16.5 Å². The van der Waals surface area contributed by atoms with E-state index in [1.807, 2.05) is 18.3 Å². The highest BCUT2D eigenvalue weighted by Crippen LogP contribution is 2.47. The first-order valence-corrected chi connectivity index (χ1v) is 13.6. The Bertz CT molecular complexity index is 1720. The van der Waals surface area contributed by atoms with Crippen LogP contribution in [0.15, 0.2) is 48.8 Å². The van der Waals surface area contributed by atoms with Crippen molar-refractivity contribution in [3.8, 4) is 5.75 Å². The lowest BCUT2D eigenvalue weighted by molar-refractivity contribution is -0.271. The molecule has 3 aliphatic rings. The van der Waals surface area contributed by atoms with Gasteiger partial charge in [-0.25, -0.2) is 4.79 Å². The number of ketones is 2. The summed E-state index contributed by atoms with van der Waals surface area (Å²) in [4.78, 5) is 41.2. The fourth-order valence-electron chi connectivity index (χ4n) is 6.74. The number of carboxylic acid groups (broad SMARTS) is 1. The van der Waals surface area contributed by atoms with Crippen molar-refractivity contribution in [1.29, 1.82) is 0 Å². The van der Waals surface area contributed by atoms with Crippen LogP contribution in [0, 0.1) is 0 Å². The molecule has 1 aliphatic carbocycles. The summed E-state index contributed by atoms with van der Waals surface area (Å²) in [5.74, 6) is -2.83. The number of aliphatic hydroxyl groups excluding tert-OH is 3. The van der Waals surface area contributed by atoms with Gasteiger partial charge in [0, 0.05) is 41.3 Å². The Labute approximate surface area is 232 Å². The summed E-state index contributed by atoms with van der Waals surface area (Å²) in [6.07, 6.45) is -3.02. The van der Waals surface area contributed by atoms with Gasteiger partial charge in [0.1, 0.15) is 35.6 Å². The van der Waals surface area contributed by atoms with Gasteiger partial charge >= 0.3 is 5.97 Å². The quantitative estimate of drug-likeness (QED) is 0.228. The first-order valence-electron chi connectivity index (χ1n) is 13.6. The maximum atomic E-state index is 13.3. The third kappa shape index (κ3) is 3.99. The summed E-state index contributed by atoms with van der Waals surface area (Å²) in [6.45, 7) is 0.867. The van der Waals surface area contributed by atoms with Crippen LogP contribution in [0.4, 0.5) is 0 Å². The number of fused-ring (bicyclic) bond motifs is 1. The highest BCUT2D eigenvalue weighted by molar-refractivity contribution is 6.16. The van der Waals surface area contributed by atoms with Crippen LogP contribution >= 0.6 is 0 Å². The lowest BCUT2D eigenvalue weighted by Crippen LogP contribution is -2.61. The second-order valence-corrected chi connectivity index (χ2v) is 11.1. The number of nitrogens with zero attached hydrogens (tertiary/aromatic N) is 1. The number of aromatic nitrogens is 2. The summed E-state index contributed by atoms with van der Waals surface area (Å²) in [5.41, 5.74) is 4.53. The molecule has 2 aromatic heterocycles. The monoisotopic (exact) mass is 560 g/mol. The Balaban J connectivity index is 1.22. The molecule has 1 saturated carbocycles. The van der Waals surface area contributed by atoms with Crippen molar-refractivity contribution in [2.24, 2.45) is 0 Å². The van der Waals surface area contributed by atoms with Crippen LogP contribution in [-0.2, 0) is 32.1 Å². The predicted octanol–water partition coefficient (Wildman–Crippen LogP) is 1.75. The van der Waals surface area contributed by atoms with Gasteiger partial charge in [-0.15, -0.1) is 0 Å². The van der Waals surface area contributed by atoms with E-state index >= 15 is 0 Å². The van der Waals surface area contributed by atoms with E-state index < -0.39 is 48.5 Å². The Morgan fingerprint density at radius 3 is 2.54 bits per heavy atom. The van der Waals surface area contributed by atoms with E-state index in [2.05, 4.69) is 15.6 Å². The zero-order chi connectivity index (χ0) is 28.6. The first kappa shape index (κ1) is 25.9. The summed E-state index contributed by atoms with van der Waals surface area (Å²) in [7, 11) is 0. The van der Waals surface area contributed by atoms with Crippen molar-refractivity contribution in [2.75, 3.05) is 0 Å². The minimum atomic E-state index is -1.82. The largest absolute Gasteiger partial charge is 0.479 e. The number of aliphatic hydroxyl groups is 3. The molecule has 11 nitrogen and oxygen atoms in total. The van der Waals surface area contributed by atoms with Crippen LogP contribution < -0.4 is 4.74 Å². The Morgan fingerprint density at radius 1 is 0.976 bits per heavy atom. The van der Waals surface area contributed by atoms with Gasteiger partial charge in [0.2, 0.25) is 6.29 Å². The number of benzene rings is 2. The van der Waals surface area contributed by atoms with E-state index in [1.54, 1.807) is 24.4 Å². The number of hydrogen-bond donors (Lipinski definition) is 5. The molecule has 0 radical (unpaired) electrons. The zero-order valence-electron chi connectivity index (χ0n) is 21.8. The molecule has 0 spiro atoms. The number of carbonyl (C=O) groups excluding carboxylic acids is 2. The number of para-hydroxylation sites is 1. The lowest BCUT2D eigenvalue weighted by Gasteiger charge is -2.38. The average molecular weight is 561 g/mol. The fraction of sp³-hybridized carbons (Fsp3) is 0.367. The molecule has 2 aromatic carbocycles. The number of carboxylic acids is 1. The van der Waals surface area contributed by atoms with E-state index in [-0.39, 0.29) is 23.7 Å². The van der Waals surface area contributed by atoms with Gasteiger partial charge in [-0.3, -0.25) is 9.59 Å². The van der Waals surface area contributed by atoms with Crippen LogP contribution in [0.1, 0.15) is 41.4 Å². The SMILES string of the molecule is O=C(O)[C@@H]1OC(Oc2ccc3c([C@@H]4C(=O)CC(=O)[C@H]4c4cn5c6c(cccc46)CCC5)c[nH]c3c2)[C@@H](O)[C@H](O)[C@H]1O. The molecule has 0 amide bonds. The first-order chi connectivity index (χ1) is 19.7. The molecule has 0 bridgehead atoms. The van der Waals surface area contributed by atoms with Crippen molar-refractivity contribution < 1.29 is 44.3 Å². The molecule has 2 aliphatic heterocycles. The Morgan fingerprint density at radius 2 is 1.76 bits per heavy atom. The van der Waals surface area contributed by atoms with Crippen molar-refractivity contribution in [3.05, 3.63) is 65.5 Å². The van der Waals surface area contributed by atoms with Crippen molar-refractivity contribution in [3.63, 3.8) is 0 Å². The van der Waals surface area contributed by atoms with Gasteiger partial charge in [-0.05, 0) is 41.7 Å². The highest BCUT2D eigenvalue weighted by atomic mass is 16.7. The molecule has 1 unspecified atom stereocenters. The molecule has 2 fully saturated rings. The van der Waals surface area contributed by atoms with Crippen LogP contribution in [0.3, 0.4) is 0 Å². The average Bonchev–Trinajstić information content (AvgIpc) is 3.62. The number of rotatable bonds is 5. The van der Waals surface area contributed by atoms with Crippen molar-refractivity contribution >= 4 is 39.3 Å². The summed E-state index contributed by atoms with van der Waals surface area (Å²) < 4.78 is 13.1. The van der Waals surface area contributed by atoms with Crippen LogP contribution in [0.2, 0.25) is 0 Å². The third-order valence-electron chi connectivity index (χ3n) is 8.65. The molecule has 7 rings (SSSR count). The molecule has 4 aromatic rings. The van der Waals surface area contributed by atoms with E-state index in [9.17, 15) is 34.8 Å². The van der Waals surface area contributed by atoms with Crippen molar-refractivity contribution in [2.45, 2.75) is 68.3 Å². The maximum absolute atomic E-state index is 13.3. The summed E-state index contributed by atoms with van der Waals surface area (Å²) in [5, 5.41) is 41.3. The molecule has 4 heterocycles. The van der Waals surface area contributed by atoms with Gasteiger partial charge in [-0.2, -0.15) is 0 Å². The van der Waals surface area contributed by atoms with E-state index in [4.69, 9.17) is 9.47 Å². The number of hydrogen-bond acceptors (Lipinski definition) is 8. The van der Waals surface area contributed by atoms with Crippen LogP contribution in [0.25, 0.3) is 21.8 Å². The minimum Gasteiger partial charge on any atom is -0.479 e. The number of nitrogens with one attached hydrogen (secondary N) is 1. The highest BCUT2D eigenvalue weighted by Gasteiger charge is 2.48. The normalized spacial score (nSPS) is 29.9. The molecule has 7 atom stereocenters. The number of aliphatic carboxylic acids is 1. The zero-order valence-corrected chi connectivity index (χ0v) is 21.8. The van der Waals surface area contributed by atoms with Gasteiger partial charge < -0.3 is 39.5 Å². The molecule has 1 saturated heterocycles. The van der Waals surface area contributed by atoms with E-state index in [1.165, 1.54) is 5.56 Å².